The van der Waals surface area contributed by atoms with E-state index in [1.54, 1.807) is 0 Å². The number of rotatable bonds is 7. The molecule has 0 aromatic heterocycles. The SMILES string of the molecule is O=C(C[PH](c1ccccc1)(c1ccccc1)c1ccccc1)NCC1CCOCC1. The topological polar surface area (TPSA) is 38.3 Å². The van der Waals surface area contributed by atoms with Crippen LogP contribution < -0.4 is 21.2 Å². The van der Waals surface area contributed by atoms with E-state index >= 15 is 0 Å². The molecule has 1 aliphatic heterocycles. The Kier molecular flexibility index (Phi) is 6.94. The van der Waals surface area contributed by atoms with Crippen LogP contribution in [0.5, 0.6) is 0 Å². The van der Waals surface area contributed by atoms with Crippen molar-refractivity contribution in [2.45, 2.75) is 12.8 Å². The summed E-state index contributed by atoms with van der Waals surface area (Å²) in [6.07, 6.45) is 2.56. The van der Waals surface area contributed by atoms with Gasteiger partial charge in [-0.15, -0.1) is 0 Å². The van der Waals surface area contributed by atoms with Gasteiger partial charge in [0.05, 0.1) is 0 Å². The van der Waals surface area contributed by atoms with Crippen LogP contribution >= 0.6 is 7.26 Å². The van der Waals surface area contributed by atoms with Gasteiger partial charge in [0, 0.05) is 0 Å². The first-order valence-electron chi connectivity index (χ1n) is 10.8. The molecule has 1 fully saturated rings. The van der Waals surface area contributed by atoms with Crippen molar-refractivity contribution in [3.05, 3.63) is 91.0 Å². The van der Waals surface area contributed by atoms with Gasteiger partial charge in [0.25, 0.3) is 0 Å². The number of nitrogens with one attached hydrogen (secondary N) is 1. The van der Waals surface area contributed by atoms with Crippen LogP contribution in [0.2, 0.25) is 0 Å². The standard InChI is InChI=1S/C26H30NO2P/c28-26(27-20-22-16-18-29-19-17-22)21-30(23-10-4-1-5-11-23,24-12-6-2-7-13-24)25-14-8-3-9-15-25/h1-15,22,30H,16-21H2,(H,27,28). The average Bonchev–Trinajstić information content (AvgIpc) is 2.83. The Hall–Kier alpha value is -2.48. The Labute approximate surface area is 179 Å². The third-order valence-electron chi connectivity index (χ3n) is 6.15. The molecule has 0 unspecified atom stereocenters. The van der Waals surface area contributed by atoms with Crippen LogP contribution in [0.25, 0.3) is 0 Å². The Bertz CT molecular complexity index is 828. The number of hydrogen-bond acceptors (Lipinski definition) is 2. The predicted octanol–water partition coefficient (Wildman–Crippen LogP) is 3.26. The molecule has 0 bridgehead atoms. The van der Waals surface area contributed by atoms with Crippen LogP contribution in [-0.4, -0.2) is 31.8 Å². The van der Waals surface area contributed by atoms with E-state index in [4.69, 9.17) is 4.74 Å². The molecular weight excluding hydrogens is 389 g/mol. The molecule has 1 amide bonds. The van der Waals surface area contributed by atoms with Crippen molar-refractivity contribution in [3.8, 4) is 0 Å². The molecule has 30 heavy (non-hydrogen) atoms. The van der Waals surface area contributed by atoms with Crippen LogP contribution in [0.4, 0.5) is 0 Å². The van der Waals surface area contributed by atoms with E-state index in [0.717, 1.165) is 32.6 Å². The first-order chi connectivity index (χ1) is 14.8. The normalized spacial score (nSPS) is 15.5. The molecule has 3 nitrogen and oxygen atoms in total. The predicted molar refractivity (Wildman–Crippen MR) is 128 cm³/mol. The van der Waals surface area contributed by atoms with Crippen LogP contribution in [0.3, 0.4) is 0 Å². The summed E-state index contributed by atoms with van der Waals surface area (Å²) < 4.78 is 5.45. The van der Waals surface area contributed by atoms with Crippen molar-refractivity contribution in [2.75, 3.05) is 25.9 Å². The summed E-state index contributed by atoms with van der Waals surface area (Å²) in [4.78, 5) is 13.3. The second kappa shape index (κ2) is 10.0. The van der Waals surface area contributed by atoms with E-state index in [-0.39, 0.29) is 5.91 Å². The van der Waals surface area contributed by atoms with Crippen molar-refractivity contribution in [2.24, 2.45) is 5.92 Å². The molecule has 1 saturated heterocycles. The molecule has 0 saturated carbocycles. The molecule has 1 N–H and O–H groups in total. The second-order valence-electron chi connectivity index (χ2n) is 8.04. The van der Waals surface area contributed by atoms with E-state index < -0.39 is 7.26 Å². The van der Waals surface area contributed by atoms with Crippen molar-refractivity contribution >= 4 is 29.1 Å². The zero-order valence-corrected chi connectivity index (χ0v) is 18.3. The number of benzene rings is 3. The average molecular weight is 420 g/mol. The summed E-state index contributed by atoms with van der Waals surface area (Å²) in [7, 11) is -2.51. The third kappa shape index (κ3) is 4.64. The van der Waals surface area contributed by atoms with Gasteiger partial charge < -0.3 is 0 Å². The van der Waals surface area contributed by atoms with Crippen LogP contribution in [0.15, 0.2) is 91.0 Å². The summed E-state index contributed by atoms with van der Waals surface area (Å²) in [5.74, 6) is 0.661. The van der Waals surface area contributed by atoms with Crippen molar-refractivity contribution < 1.29 is 9.53 Å². The van der Waals surface area contributed by atoms with E-state index in [2.05, 4.69) is 78.1 Å². The monoisotopic (exact) mass is 419 g/mol. The molecule has 1 aliphatic rings. The molecule has 0 aliphatic carbocycles. The molecule has 0 spiro atoms. The number of hydrogen-bond donors (Lipinski definition) is 1. The fourth-order valence-corrected chi connectivity index (χ4v) is 8.99. The maximum atomic E-state index is 13.3. The Morgan fingerprint density at radius 2 is 1.20 bits per heavy atom. The minimum absolute atomic E-state index is 0.143. The summed E-state index contributed by atoms with van der Waals surface area (Å²) >= 11 is 0. The number of ether oxygens (including phenoxy) is 1. The maximum absolute atomic E-state index is 13.3. The van der Waals surface area contributed by atoms with Gasteiger partial charge in [0.15, 0.2) is 0 Å². The molecule has 156 valence electrons. The molecule has 1 heterocycles. The Balaban J connectivity index is 1.70. The summed E-state index contributed by atoms with van der Waals surface area (Å²) in [5.41, 5.74) is 0. The molecule has 0 radical (unpaired) electrons. The van der Waals surface area contributed by atoms with Gasteiger partial charge in [0.2, 0.25) is 0 Å². The van der Waals surface area contributed by atoms with Gasteiger partial charge in [-0.1, -0.05) is 0 Å². The van der Waals surface area contributed by atoms with Gasteiger partial charge in [-0.05, 0) is 0 Å². The fourth-order valence-electron chi connectivity index (χ4n) is 4.49. The van der Waals surface area contributed by atoms with Crippen LogP contribution in [-0.2, 0) is 9.53 Å². The zero-order valence-electron chi connectivity index (χ0n) is 17.3. The van der Waals surface area contributed by atoms with Crippen molar-refractivity contribution in [3.63, 3.8) is 0 Å². The van der Waals surface area contributed by atoms with Gasteiger partial charge in [0.1, 0.15) is 0 Å². The minimum atomic E-state index is -2.51. The van der Waals surface area contributed by atoms with Gasteiger partial charge in [-0.3, -0.25) is 0 Å². The van der Waals surface area contributed by atoms with Crippen LogP contribution in [0, 0.1) is 5.92 Å². The van der Waals surface area contributed by atoms with Gasteiger partial charge in [-0.2, -0.15) is 0 Å². The number of amides is 1. The molecule has 4 heteroatoms. The van der Waals surface area contributed by atoms with Crippen molar-refractivity contribution in [1.29, 1.82) is 0 Å². The molecule has 0 atom stereocenters. The molecule has 4 rings (SSSR count). The Morgan fingerprint density at radius 1 is 0.767 bits per heavy atom. The Morgan fingerprint density at radius 3 is 1.63 bits per heavy atom. The van der Waals surface area contributed by atoms with E-state index in [9.17, 15) is 4.79 Å². The molecule has 3 aromatic carbocycles. The summed E-state index contributed by atoms with van der Waals surface area (Å²) in [6.45, 7) is 2.35. The molecule has 3 aromatic rings. The summed E-state index contributed by atoms with van der Waals surface area (Å²) in [5, 5.41) is 7.06. The third-order valence-corrected chi connectivity index (χ3v) is 11.0. The van der Waals surface area contributed by atoms with E-state index in [0.29, 0.717) is 12.1 Å². The van der Waals surface area contributed by atoms with Crippen LogP contribution in [0.1, 0.15) is 12.8 Å². The summed E-state index contributed by atoms with van der Waals surface area (Å²) in [6, 6.07) is 31.8. The first-order valence-corrected chi connectivity index (χ1v) is 13.0. The van der Waals surface area contributed by atoms with Crippen molar-refractivity contribution in [1.82, 2.24) is 5.32 Å². The van der Waals surface area contributed by atoms with Gasteiger partial charge in [-0.25, -0.2) is 0 Å². The number of carbonyl (C=O) groups excluding carboxylic acids is 1. The quantitative estimate of drug-likeness (QED) is 0.597. The zero-order chi connectivity index (χ0) is 20.7. The van der Waals surface area contributed by atoms with Gasteiger partial charge >= 0.3 is 180 Å². The van der Waals surface area contributed by atoms with E-state index in [1.165, 1.54) is 15.9 Å². The fraction of sp³-hybridized carbons (Fsp3) is 0.269. The van der Waals surface area contributed by atoms with E-state index in [1.807, 2.05) is 18.2 Å². The second-order valence-corrected chi connectivity index (χ2v) is 11.9. The molecular formula is C26H30NO2P. The first kappa shape index (κ1) is 20.8. The number of carbonyl (C=O) groups is 1.